The molecule has 0 aromatic rings. The van der Waals surface area contributed by atoms with Crippen LogP contribution < -0.4 is 0 Å². The second-order valence-corrected chi connectivity index (χ2v) is 4.92. The van der Waals surface area contributed by atoms with Gasteiger partial charge in [-0.15, -0.1) is 0 Å². The Bertz CT molecular complexity index is 140. The van der Waals surface area contributed by atoms with Crippen LogP contribution >= 0.6 is 0 Å². The molecule has 1 rings (SSSR count). The first-order chi connectivity index (χ1) is 5.46. The van der Waals surface area contributed by atoms with Crippen LogP contribution in [0.4, 0.5) is 0 Å². The van der Waals surface area contributed by atoms with Crippen molar-refractivity contribution in [2.45, 2.75) is 52.0 Å². The van der Waals surface area contributed by atoms with Gasteiger partial charge < -0.3 is 9.85 Å². The molecule has 0 amide bonds. The molecule has 1 aliphatic heterocycles. The van der Waals surface area contributed by atoms with Crippen LogP contribution in [-0.2, 0) is 0 Å². The summed E-state index contributed by atoms with van der Waals surface area (Å²) in [6, 6.07) is 0. The predicted octanol–water partition coefficient (Wildman–Crippen LogP) is 2.67. The van der Waals surface area contributed by atoms with Crippen LogP contribution in [0.1, 0.15) is 46.5 Å². The zero-order valence-corrected chi connectivity index (χ0v) is 8.60. The summed E-state index contributed by atoms with van der Waals surface area (Å²) in [5, 5.41) is 12.3. The lowest BCUT2D eigenvalue weighted by Crippen LogP contribution is -2.56. The molecule has 0 aromatic heterocycles. The van der Waals surface area contributed by atoms with Gasteiger partial charge in [-0.2, -0.15) is 0 Å². The highest BCUT2D eigenvalue weighted by atomic mass is 16.5. The minimum Gasteiger partial charge on any atom is -0.632 e. The molecule has 0 radical (unpaired) electrons. The van der Waals surface area contributed by atoms with E-state index in [0.717, 1.165) is 25.9 Å². The Hall–Kier alpha value is -0.0800. The number of hydrogen-bond acceptors (Lipinski definition) is 1. The van der Waals surface area contributed by atoms with E-state index < -0.39 is 0 Å². The zero-order valence-electron chi connectivity index (χ0n) is 8.60. The third-order valence-corrected chi connectivity index (χ3v) is 3.01. The first-order valence-electron chi connectivity index (χ1n) is 5.04. The fourth-order valence-electron chi connectivity index (χ4n) is 1.87. The molecule has 0 bridgehead atoms. The molecular formula is C10H21NO. The molecule has 72 valence electrons. The minimum absolute atomic E-state index is 0.0208. The monoisotopic (exact) mass is 171 g/mol. The second-order valence-electron chi connectivity index (χ2n) is 4.92. The maximum Gasteiger partial charge on any atom is 0.0904 e. The Kier molecular flexibility index (Phi) is 2.79. The van der Waals surface area contributed by atoms with Crippen molar-refractivity contribution in [3.63, 3.8) is 0 Å². The van der Waals surface area contributed by atoms with Crippen LogP contribution in [-0.4, -0.2) is 23.3 Å². The lowest BCUT2D eigenvalue weighted by molar-refractivity contribution is -0.925. The van der Waals surface area contributed by atoms with Crippen molar-refractivity contribution in [2.75, 3.05) is 13.1 Å². The molecule has 0 aliphatic carbocycles. The molecule has 1 aliphatic rings. The fourth-order valence-corrected chi connectivity index (χ4v) is 1.87. The Labute approximate surface area is 75.7 Å². The van der Waals surface area contributed by atoms with E-state index in [9.17, 15) is 5.21 Å². The minimum atomic E-state index is -0.121. The van der Waals surface area contributed by atoms with Gasteiger partial charge in [0.2, 0.25) is 0 Å². The smallest absolute Gasteiger partial charge is 0.0904 e. The van der Waals surface area contributed by atoms with Gasteiger partial charge >= 0.3 is 0 Å². The molecule has 2 nitrogen and oxygen atoms in total. The summed E-state index contributed by atoms with van der Waals surface area (Å²) < 4.78 is 0.0208. The highest BCUT2D eigenvalue weighted by molar-refractivity contribution is 4.67. The summed E-state index contributed by atoms with van der Waals surface area (Å²) in [4.78, 5) is 0. The number of hydroxylamine groups is 3. The first kappa shape index (κ1) is 10.0. The quantitative estimate of drug-likeness (QED) is 0.406. The van der Waals surface area contributed by atoms with E-state index >= 15 is 0 Å². The Morgan fingerprint density at radius 2 is 1.33 bits per heavy atom. The van der Waals surface area contributed by atoms with Gasteiger partial charge in [0.25, 0.3) is 0 Å². The van der Waals surface area contributed by atoms with Crippen LogP contribution in [0, 0.1) is 5.21 Å². The van der Waals surface area contributed by atoms with Gasteiger partial charge in [0.05, 0.1) is 18.6 Å². The molecule has 0 saturated carbocycles. The second kappa shape index (κ2) is 3.35. The topological polar surface area (TPSA) is 23.1 Å². The summed E-state index contributed by atoms with van der Waals surface area (Å²) in [5.74, 6) is 0. The van der Waals surface area contributed by atoms with Crippen molar-refractivity contribution in [3.8, 4) is 0 Å². The van der Waals surface area contributed by atoms with Crippen LogP contribution in [0.3, 0.4) is 0 Å². The molecule has 0 N–H and O–H groups in total. The Balaban J connectivity index is 2.67. The molecule has 0 atom stereocenters. The van der Waals surface area contributed by atoms with Gasteiger partial charge in [-0.3, -0.25) is 0 Å². The normalized spacial score (nSPS) is 25.0. The Morgan fingerprint density at radius 3 is 1.67 bits per heavy atom. The summed E-state index contributed by atoms with van der Waals surface area (Å²) >= 11 is 0. The summed E-state index contributed by atoms with van der Waals surface area (Å²) in [6.45, 7) is 7.83. The standard InChI is InChI=1S/C10H21NO/c1-10(2,3)11(12)8-6-4-5-7-9-11/h4-9H2,1-3H3. The number of quaternary nitrogens is 1. The summed E-state index contributed by atoms with van der Waals surface area (Å²) in [6.07, 6.45) is 4.72. The van der Waals surface area contributed by atoms with Gasteiger partial charge in [-0.25, -0.2) is 0 Å². The fraction of sp³-hybridized carbons (Fsp3) is 1.00. The molecule has 2 heteroatoms. The van der Waals surface area contributed by atoms with E-state index in [0.29, 0.717) is 0 Å². The molecule has 1 saturated heterocycles. The molecule has 1 heterocycles. The van der Waals surface area contributed by atoms with E-state index in [1.54, 1.807) is 0 Å². The van der Waals surface area contributed by atoms with Crippen molar-refractivity contribution in [2.24, 2.45) is 0 Å². The number of rotatable bonds is 0. The average molecular weight is 171 g/mol. The molecular weight excluding hydrogens is 150 g/mol. The summed E-state index contributed by atoms with van der Waals surface area (Å²) in [5.41, 5.74) is -0.121. The van der Waals surface area contributed by atoms with Crippen molar-refractivity contribution in [1.82, 2.24) is 0 Å². The zero-order chi connectivity index (χ0) is 9.24. The highest BCUT2D eigenvalue weighted by Gasteiger charge is 2.32. The van der Waals surface area contributed by atoms with Gasteiger partial charge in [-0.05, 0) is 46.5 Å². The maximum absolute atomic E-state index is 12.3. The third kappa shape index (κ3) is 1.99. The lowest BCUT2D eigenvalue weighted by atomic mass is 10.0. The van der Waals surface area contributed by atoms with Crippen molar-refractivity contribution in [1.29, 1.82) is 0 Å². The number of likely N-dealkylation sites (tertiary alicyclic amines) is 1. The maximum atomic E-state index is 12.3. The molecule has 12 heavy (non-hydrogen) atoms. The first-order valence-corrected chi connectivity index (χ1v) is 5.04. The average Bonchev–Trinajstić information content (AvgIpc) is 2.12. The van der Waals surface area contributed by atoms with Crippen LogP contribution in [0.5, 0.6) is 0 Å². The van der Waals surface area contributed by atoms with Crippen molar-refractivity contribution in [3.05, 3.63) is 5.21 Å². The van der Waals surface area contributed by atoms with E-state index in [-0.39, 0.29) is 10.2 Å². The van der Waals surface area contributed by atoms with Crippen LogP contribution in [0.2, 0.25) is 0 Å². The largest absolute Gasteiger partial charge is 0.632 e. The molecule has 0 aromatic carbocycles. The molecule has 0 unspecified atom stereocenters. The van der Waals surface area contributed by atoms with Crippen LogP contribution in [0.25, 0.3) is 0 Å². The van der Waals surface area contributed by atoms with E-state index in [2.05, 4.69) is 20.8 Å². The summed E-state index contributed by atoms with van der Waals surface area (Å²) in [7, 11) is 0. The van der Waals surface area contributed by atoms with Gasteiger partial charge in [0.15, 0.2) is 0 Å². The van der Waals surface area contributed by atoms with Gasteiger partial charge in [0.1, 0.15) is 0 Å². The predicted molar refractivity (Wildman–Crippen MR) is 51.6 cm³/mol. The third-order valence-electron chi connectivity index (χ3n) is 3.01. The van der Waals surface area contributed by atoms with E-state index in [1.807, 2.05) is 0 Å². The van der Waals surface area contributed by atoms with Crippen LogP contribution in [0.15, 0.2) is 0 Å². The van der Waals surface area contributed by atoms with Crippen molar-refractivity contribution >= 4 is 0 Å². The SMILES string of the molecule is CC(C)(C)[N+]1([O-])CCCCCC1. The Morgan fingerprint density at radius 1 is 0.917 bits per heavy atom. The lowest BCUT2D eigenvalue weighted by Gasteiger charge is -2.52. The van der Waals surface area contributed by atoms with E-state index in [1.165, 1.54) is 12.8 Å². The molecule has 1 fully saturated rings. The van der Waals surface area contributed by atoms with Gasteiger partial charge in [-0.1, -0.05) is 0 Å². The van der Waals surface area contributed by atoms with Crippen molar-refractivity contribution < 1.29 is 4.65 Å². The van der Waals surface area contributed by atoms with E-state index in [4.69, 9.17) is 0 Å². The number of nitrogens with zero attached hydrogens (tertiary/aromatic N) is 1. The number of hydrogen-bond donors (Lipinski definition) is 0. The molecule has 0 spiro atoms. The highest BCUT2D eigenvalue weighted by Crippen LogP contribution is 2.27. The van der Waals surface area contributed by atoms with Gasteiger partial charge in [0, 0.05) is 0 Å².